The summed E-state index contributed by atoms with van der Waals surface area (Å²) in [6.45, 7) is 0.00752. The molecule has 4 N–H and O–H groups in total. The van der Waals surface area contributed by atoms with E-state index in [1.807, 2.05) is 0 Å². The lowest BCUT2D eigenvalue weighted by Gasteiger charge is -2.10. The fourth-order valence-electron chi connectivity index (χ4n) is 1.15. The first-order valence-electron chi connectivity index (χ1n) is 4.43. The zero-order valence-corrected chi connectivity index (χ0v) is 7.99. The van der Waals surface area contributed by atoms with Gasteiger partial charge in [-0.05, 0) is 12.8 Å². The molecule has 15 heavy (non-hydrogen) atoms. The molecule has 0 aromatic carbocycles. The molecule has 1 aliphatic rings. The Kier molecular flexibility index (Phi) is 3.13. The van der Waals surface area contributed by atoms with Crippen LogP contribution in [-0.4, -0.2) is 36.2 Å². The highest BCUT2D eigenvalue weighted by Crippen LogP contribution is 2.45. The SMILES string of the molecule is NC(=O)OCCNC(=O)C1(C(=O)O)CC1. The summed E-state index contributed by atoms with van der Waals surface area (Å²) in [5.41, 5.74) is 3.43. The highest BCUT2D eigenvalue weighted by Gasteiger charge is 2.56. The van der Waals surface area contributed by atoms with Crippen LogP contribution in [0.2, 0.25) is 0 Å². The normalized spacial score (nSPS) is 16.5. The van der Waals surface area contributed by atoms with Crippen LogP contribution < -0.4 is 11.1 Å². The van der Waals surface area contributed by atoms with Gasteiger partial charge in [-0.15, -0.1) is 0 Å². The smallest absolute Gasteiger partial charge is 0.404 e. The Balaban J connectivity index is 2.25. The first-order chi connectivity index (χ1) is 6.99. The van der Waals surface area contributed by atoms with E-state index in [4.69, 9.17) is 5.11 Å². The molecule has 0 heterocycles. The number of hydrogen-bond donors (Lipinski definition) is 3. The molecule has 0 aromatic heterocycles. The van der Waals surface area contributed by atoms with Gasteiger partial charge in [-0.3, -0.25) is 9.59 Å². The summed E-state index contributed by atoms with van der Waals surface area (Å²) in [6, 6.07) is 0. The molecule has 0 unspecified atom stereocenters. The minimum Gasteiger partial charge on any atom is -0.480 e. The Morgan fingerprint density at radius 3 is 2.40 bits per heavy atom. The Morgan fingerprint density at radius 2 is 2.00 bits per heavy atom. The van der Waals surface area contributed by atoms with E-state index >= 15 is 0 Å². The van der Waals surface area contributed by atoms with Gasteiger partial charge in [-0.2, -0.15) is 0 Å². The molecular formula is C8H12N2O5. The number of nitrogens with one attached hydrogen (secondary N) is 1. The van der Waals surface area contributed by atoms with Crippen LogP contribution in [0.5, 0.6) is 0 Å². The third-order valence-corrected chi connectivity index (χ3v) is 2.23. The second kappa shape index (κ2) is 4.16. The lowest BCUT2D eigenvalue weighted by atomic mass is 10.1. The number of carboxylic acids is 1. The number of nitrogens with two attached hydrogens (primary N) is 1. The molecule has 7 heteroatoms. The fourth-order valence-corrected chi connectivity index (χ4v) is 1.15. The lowest BCUT2D eigenvalue weighted by Crippen LogP contribution is -2.38. The molecule has 0 atom stereocenters. The first-order valence-corrected chi connectivity index (χ1v) is 4.43. The van der Waals surface area contributed by atoms with Crippen LogP contribution in [0.4, 0.5) is 4.79 Å². The fraction of sp³-hybridized carbons (Fsp3) is 0.625. The standard InChI is InChI=1S/C8H12N2O5/c9-7(14)15-4-3-10-5(11)8(1-2-8)6(12)13/h1-4H2,(H2,9,14)(H,10,11)(H,12,13). The average molecular weight is 216 g/mol. The van der Waals surface area contributed by atoms with Crippen molar-refractivity contribution in [2.75, 3.05) is 13.2 Å². The van der Waals surface area contributed by atoms with Gasteiger partial charge in [-0.1, -0.05) is 0 Å². The van der Waals surface area contributed by atoms with Crippen LogP contribution >= 0.6 is 0 Å². The van der Waals surface area contributed by atoms with Gasteiger partial charge < -0.3 is 20.9 Å². The monoisotopic (exact) mass is 216 g/mol. The number of primary amides is 1. The second-order valence-electron chi connectivity index (χ2n) is 3.31. The molecule has 84 valence electrons. The second-order valence-corrected chi connectivity index (χ2v) is 3.31. The highest BCUT2D eigenvalue weighted by atomic mass is 16.5. The molecule has 0 aromatic rings. The minimum atomic E-state index is -1.26. The van der Waals surface area contributed by atoms with Crippen molar-refractivity contribution in [3.8, 4) is 0 Å². The predicted molar refractivity (Wildman–Crippen MR) is 47.8 cm³/mol. The number of carbonyl (C=O) groups excluding carboxylic acids is 2. The van der Waals surface area contributed by atoms with Crippen LogP contribution in [0.25, 0.3) is 0 Å². The van der Waals surface area contributed by atoms with Crippen LogP contribution in [0.3, 0.4) is 0 Å². The molecule has 0 radical (unpaired) electrons. The number of hydrogen-bond acceptors (Lipinski definition) is 4. The summed E-state index contributed by atoms with van der Waals surface area (Å²) in [7, 11) is 0. The zero-order chi connectivity index (χ0) is 11.5. The molecule has 1 rings (SSSR count). The summed E-state index contributed by atoms with van der Waals surface area (Å²) >= 11 is 0. The van der Waals surface area contributed by atoms with Gasteiger partial charge in [0.1, 0.15) is 12.0 Å². The Morgan fingerprint density at radius 1 is 1.40 bits per heavy atom. The van der Waals surface area contributed by atoms with E-state index in [0.29, 0.717) is 12.8 Å². The summed E-state index contributed by atoms with van der Waals surface area (Å²) in [5, 5.41) is 11.1. The third kappa shape index (κ3) is 2.58. The molecule has 1 aliphatic carbocycles. The molecule has 0 bridgehead atoms. The lowest BCUT2D eigenvalue weighted by molar-refractivity contribution is -0.149. The molecule has 0 saturated heterocycles. The number of carbonyl (C=O) groups is 3. The van der Waals surface area contributed by atoms with Gasteiger partial charge in [0.05, 0.1) is 6.54 Å². The summed E-state index contributed by atoms with van der Waals surface area (Å²) in [4.78, 5) is 32.2. The average Bonchev–Trinajstić information content (AvgIpc) is 2.92. The summed E-state index contributed by atoms with van der Waals surface area (Å²) in [5.74, 6) is -1.65. The van der Waals surface area contributed by atoms with Gasteiger partial charge in [-0.25, -0.2) is 4.79 Å². The number of rotatable bonds is 5. The number of amides is 2. The minimum absolute atomic E-state index is 0.0588. The first kappa shape index (κ1) is 11.3. The van der Waals surface area contributed by atoms with Crippen LogP contribution in [-0.2, 0) is 14.3 Å². The molecule has 1 saturated carbocycles. The largest absolute Gasteiger partial charge is 0.480 e. The van der Waals surface area contributed by atoms with Crippen molar-refractivity contribution in [2.24, 2.45) is 11.1 Å². The molecule has 2 amide bonds. The van der Waals surface area contributed by atoms with Gasteiger partial charge in [0.15, 0.2) is 0 Å². The van der Waals surface area contributed by atoms with Gasteiger partial charge in [0.2, 0.25) is 5.91 Å². The van der Waals surface area contributed by atoms with Crippen molar-refractivity contribution in [2.45, 2.75) is 12.8 Å². The van der Waals surface area contributed by atoms with Crippen molar-refractivity contribution >= 4 is 18.0 Å². The van der Waals surface area contributed by atoms with E-state index in [1.54, 1.807) is 0 Å². The van der Waals surface area contributed by atoms with E-state index in [1.165, 1.54) is 0 Å². The molecule has 0 aliphatic heterocycles. The quantitative estimate of drug-likeness (QED) is 0.405. The van der Waals surface area contributed by atoms with Gasteiger partial charge in [0.25, 0.3) is 0 Å². The van der Waals surface area contributed by atoms with E-state index in [0.717, 1.165) is 0 Å². The topological polar surface area (TPSA) is 119 Å². The maximum absolute atomic E-state index is 11.3. The van der Waals surface area contributed by atoms with Gasteiger partial charge >= 0.3 is 12.1 Å². The number of carboxylic acid groups (broad SMARTS) is 1. The van der Waals surface area contributed by atoms with Crippen LogP contribution in [0.15, 0.2) is 0 Å². The van der Waals surface area contributed by atoms with Crippen LogP contribution in [0.1, 0.15) is 12.8 Å². The molecular weight excluding hydrogens is 204 g/mol. The van der Waals surface area contributed by atoms with Crippen molar-refractivity contribution in [3.63, 3.8) is 0 Å². The number of aliphatic carboxylic acids is 1. The van der Waals surface area contributed by atoms with Gasteiger partial charge in [0, 0.05) is 0 Å². The van der Waals surface area contributed by atoms with E-state index in [2.05, 4.69) is 15.8 Å². The van der Waals surface area contributed by atoms with E-state index < -0.39 is 23.4 Å². The van der Waals surface area contributed by atoms with E-state index in [9.17, 15) is 14.4 Å². The Labute approximate surface area is 85.6 Å². The van der Waals surface area contributed by atoms with Crippen LogP contribution in [0, 0.1) is 5.41 Å². The van der Waals surface area contributed by atoms with Crippen molar-refractivity contribution in [1.29, 1.82) is 0 Å². The summed E-state index contributed by atoms with van der Waals surface area (Å²) < 4.78 is 4.36. The Bertz CT molecular complexity index is 297. The maximum Gasteiger partial charge on any atom is 0.404 e. The van der Waals surface area contributed by atoms with Crippen molar-refractivity contribution in [1.82, 2.24) is 5.32 Å². The number of ether oxygens (including phenoxy) is 1. The molecule has 7 nitrogen and oxygen atoms in total. The summed E-state index contributed by atoms with van der Waals surface area (Å²) in [6.07, 6.45) is -0.223. The Hall–Kier alpha value is -1.79. The third-order valence-electron chi connectivity index (χ3n) is 2.23. The molecule has 1 fully saturated rings. The zero-order valence-electron chi connectivity index (χ0n) is 7.99. The maximum atomic E-state index is 11.3. The van der Waals surface area contributed by atoms with Crippen molar-refractivity contribution in [3.05, 3.63) is 0 Å². The predicted octanol–water partition coefficient (Wildman–Crippen LogP) is -0.937. The van der Waals surface area contributed by atoms with E-state index in [-0.39, 0.29) is 13.2 Å². The molecule has 0 spiro atoms. The highest BCUT2D eigenvalue weighted by molar-refractivity contribution is 6.04. The van der Waals surface area contributed by atoms with Crippen molar-refractivity contribution < 1.29 is 24.2 Å².